The van der Waals surface area contributed by atoms with Gasteiger partial charge < -0.3 is 9.84 Å². The summed E-state index contributed by atoms with van der Waals surface area (Å²) in [5.41, 5.74) is 0. The predicted molar refractivity (Wildman–Crippen MR) is 66.2 cm³/mol. The van der Waals surface area contributed by atoms with E-state index in [9.17, 15) is 9.90 Å². The van der Waals surface area contributed by atoms with E-state index in [1.807, 2.05) is 12.1 Å². The number of likely N-dealkylation sites (tertiary alicyclic amines) is 1. The van der Waals surface area contributed by atoms with Crippen LogP contribution in [0.5, 0.6) is 0 Å². The Labute approximate surface area is 105 Å². The average molecular weight is 255 g/mol. The van der Waals surface area contributed by atoms with Crippen LogP contribution in [0.3, 0.4) is 0 Å². The van der Waals surface area contributed by atoms with Gasteiger partial charge in [-0.15, -0.1) is 11.3 Å². The van der Waals surface area contributed by atoms with Crippen LogP contribution in [0.1, 0.15) is 27.4 Å². The minimum absolute atomic E-state index is 0.139. The molecule has 0 aromatic carbocycles. The van der Waals surface area contributed by atoms with Gasteiger partial charge in [-0.2, -0.15) is 0 Å². The molecule has 0 saturated carbocycles. The second-order valence-corrected chi connectivity index (χ2v) is 5.43. The zero-order chi connectivity index (χ0) is 12.3. The number of thiophene rings is 1. The third-order valence-electron chi connectivity index (χ3n) is 2.98. The molecule has 2 heterocycles. The van der Waals surface area contributed by atoms with Crippen molar-refractivity contribution in [3.8, 4) is 0 Å². The summed E-state index contributed by atoms with van der Waals surface area (Å²) >= 11 is 1.48. The van der Waals surface area contributed by atoms with Crippen molar-refractivity contribution in [2.75, 3.05) is 20.2 Å². The van der Waals surface area contributed by atoms with E-state index in [4.69, 9.17) is 0 Å². The lowest BCUT2D eigenvalue weighted by molar-refractivity contribution is 0.0606. The van der Waals surface area contributed by atoms with Gasteiger partial charge in [-0.05, 0) is 25.0 Å². The highest BCUT2D eigenvalue weighted by Crippen LogP contribution is 2.21. The van der Waals surface area contributed by atoms with Crippen LogP contribution in [0.4, 0.5) is 0 Å². The van der Waals surface area contributed by atoms with Crippen molar-refractivity contribution >= 4 is 17.3 Å². The number of rotatable bonds is 3. The van der Waals surface area contributed by atoms with E-state index in [-0.39, 0.29) is 12.1 Å². The number of aliphatic hydroxyl groups is 1. The Hall–Kier alpha value is -0.910. The van der Waals surface area contributed by atoms with Crippen LogP contribution >= 0.6 is 11.3 Å². The number of carbonyl (C=O) groups excluding carboxylic acids is 1. The zero-order valence-corrected chi connectivity index (χ0v) is 10.7. The minimum atomic E-state index is -0.268. The lowest BCUT2D eigenvalue weighted by Gasteiger charge is -2.28. The van der Waals surface area contributed by atoms with Gasteiger partial charge in [-0.3, -0.25) is 4.90 Å². The number of nitrogens with zero attached hydrogens (tertiary/aromatic N) is 1. The molecular formula is C12H17NO3S. The number of hydrogen-bond acceptors (Lipinski definition) is 5. The van der Waals surface area contributed by atoms with Gasteiger partial charge in [0.15, 0.2) is 0 Å². The van der Waals surface area contributed by atoms with Crippen LogP contribution in [0.2, 0.25) is 0 Å². The Morgan fingerprint density at radius 3 is 2.88 bits per heavy atom. The summed E-state index contributed by atoms with van der Waals surface area (Å²) in [5, 5.41) is 9.42. The summed E-state index contributed by atoms with van der Waals surface area (Å²) in [6.07, 6.45) is 1.55. The van der Waals surface area contributed by atoms with Crippen LogP contribution in [-0.2, 0) is 11.3 Å². The highest BCUT2D eigenvalue weighted by atomic mass is 32.1. The van der Waals surface area contributed by atoms with E-state index in [1.165, 1.54) is 23.3 Å². The van der Waals surface area contributed by atoms with Crippen molar-refractivity contribution in [3.63, 3.8) is 0 Å². The van der Waals surface area contributed by atoms with E-state index in [1.54, 1.807) is 0 Å². The second kappa shape index (κ2) is 5.62. The quantitative estimate of drug-likeness (QED) is 0.831. The van der Waals surface area contributed by atoms with Crippen molar-refractivity contribution in [2.45, 2.75) is 25.5 Å². The second-order valence-electron chi connectivity index (χ2n) is 4.26. The molecule has 1 aliphatic rings. The molecule has 0 aliphatic carbocycles. The van der Waals surface area contributed by atoms with Crippen molar-refractivity contribution in [2.24, 2.45) is 0 Å². The van der Waals surface area contributed by atoms with Crippen LogP contribution in [-0.4, -0.2) is 42.3 Å². The molecule has 0 unspecified atom stereocenters. The van der Waals surface area contributed by atoms with Crippen molar-refractivity contribution in [1.82, 2.24) is 4.90 Å². The predicted octanol–water partition coefficient (Wildman–Crippen LogP) is 1.49. The molecule has 94 valence electrons. The summed E-state index contributed by atoms with van der Waals surface area (Å²) in [6, 6.07) is 3.78. The first-order valence-electron chi connectivity index (χ1n) is 5.76. The number of ether oxygens (including phenoxy) is 1. The number of carbonyl (C=O) groups is 1. The van der Waals surface area contributed by atoms with Gasteiger partial charge in [0.2, 0.25) is 0 Å². The largest absolute Gasteiger partial charge is 0.465 e. The molecule has 1 fully saturated rings. The minimum Gasteiger partial charge on any atom is -0.465 e. The third kappa shape index (κ3) is 3.28. The fourth-order valence-electron chi connectivity index (χ4n) is 1.97. The fourth-order valence-corrected chi connectivity index (χ4v) is 2.94. The van der Waals surface area contributed by atoms with Gasteiger partial charge in [0, 0.05) is 24.5 Å². The summed E-state index contributed by atoms with van der Waals surface area (Å²) in [7, 11) is 1.40. The fraction of sp³-hybridized carbons (Fsp3) is 0.583. The maximum absolute atomic E-state index is 11.3. The first-order valence-corrected chi connectivity index (χ1v) is 6.58. The smallest absolute Gasteiger partial charge is 0.348 e. The maximum atomic E-state index is 11.3. The topological polar surface area (TPSA) is 49.8 Å². The lowest BCUT2D eigenvalue weighted by Crippen LogP contribution is -2.35. The summed E-state index contributed by atoms with van der Waals surface area (Å²) in [6.45, 7) is 2.70. The molecule has 0 atom stereocenters. The molecule has 1 saturated heterocycles. The van der Waals surface area contributed by atoms with E-state index in [0.717, 1.165) is 32.5 Å². The molecule has 1 aromatic heterocycles. The first kappa shape index (κ1) is 12.5. The van der Waals surface area contributed by atoms with E-state index >= 15 is 0 Å². The third-order valence-corrected chi connectivity index (χ3v) is 4.03. The van der Waals surface area contributed by atoms with Gasteiger partial charge in [-0.1, -0.05) is 0 Å². The molecule has 1 aromatic rings. The molecular weight excluding hydrogens is 238 g/mol. The Morgan fingerprint density at radius 1 is 1.53 bits per heavy atom. The van der Waals surface area contributed by atoms with Crippen molar-refractivity contribution in [1.29, 1.82) is 0 Å². The number of aliphatic hydroxyl groups excluding tert-OH is 1. The Bertz CT molecular complexity index is 383. The maximum Gasteiger partial charge on any atom is 0.348 e. The molecule has 2 rings (SSSR count). The average Bonchev–Trinajstić information content (AvgIpc) is 2.80. The molecule has 5 heteroatoms. The van der Waals surface area contributed by atoms with Gasteiger partial charge in [-0.25, -0.2) is 4.79 Å². The molecule has 1 N–H and O–H groups in total. The molecule has 0 bridgehead atoms. The van der Waals surface area contributed by atoms with E-state index in [2.05, 4.69) is 9.64 Å². The summed E-state index contributed by atoms with van der Waals surface area (Å²) in [5.74, 6) is -0.268. The van der Waals surface area contributed by atoms with E-state index in [0.29, 0.717) is 4.88 Å². The molecule has 0 spiro atoms. The first-order chi connectivity index (χ1) is 8.19. The SMILES string of the molecule is COC(=O)c1ccc(CN2CCC(O)CC2)s1. The number of hydrogen-bond donors (Lipinski definition) is 1. The zero-order valence-electron chi connectivity index (χ0n) is 9.89. The summed E-state index contributed by atoms with van der Waals surface area (Å²) in [4.78, 5) is 15.4. The summed E-state index contributed by atoms with van der Waals surface area (Å²) < 4.78 is 4.68. The Balaban J connectivity index is 1.90. The standard InChI is InChI=1S/C12H17NO3S/c1-16-12(15)11-3-2-10(17-11)8-13-6-4-9(14)5-7-13/h2-3,9,14H,4-8H2,1H3. The number of methoxy groups -OCH3 is 1. The molecule has 0 radical (unpaired) electrons. The van der Waals surface area contributed by atoms with Gasteiger partial charge in [0.05, 0.1) is 13.2 Å². The molecule has 4 nitrogen and oxygen atoms in total. The van der Waals surface area contributed by atoms with Crippen LogP contribution in [0.25, 0.3) is 0 Å². The van der Waals surface area contributed by atoms with Crippen molar-refractivity contribution < 1.29 is 14.6 Å². The van der Waals surface area contributed by atoms with Gasteiger partial charge >= 0.3 is 5.97 Å². The lowest BCUT2D eigenvalue weighted by atomic mass is 10.1. The Morgan fingerprint density at radius 2 is 2.24 bits per heavy atom. The van der Waals surface area contributed by atoms with Gasteiger partial charge in [0.25, 0.3) is 0 Å². The van der Waals surface area contributed by atoms with Gasteiger partial charge in [0.1, 0.15) is 4.88 Å². The highest BCUT2D eigenvalue weighted by Gasteiger charge is 2.18. The monoisotopic (exact) mass is 255 g/mol. The Kier molecular flexibility index (Phi) is 4.15. The number of piperidine rings is 1. The number of esters is 1. The van der Waals surface area contributed by atoms with Crippen LogP contribution in [0, 0.1) is 0 Å². The van der Waals surface area contributed by atoms with E-state index < -0.39 is 0 Å². The van der Waals surface area contributed by atoms with Crippen LogP contribution < -0.4 is 0 Å². The molecule has 17 heavy (non-hydrogen) atoms. The van der Waals surface area contributed by atoms with Crippen molar-refractivity contribution in [3.05, 3.63) is 21.9 Å². The highest BCUT2D eigenvalue weighted by molar-refractivity contribution is 7.13. The van der Waals surface area contributed by atoms with Crippen LogP contribution in [0.15, 0.2) is 12.1 Å². The molecule has 1 aliphatic heterocycles. The molecule has 0 amide bonds. The normalized spacial score (nSPS) is 18.2.